The minimum absolute atomic E-state index is 0.164. The predicted molar refractivity (Wildman–Crippen MR) is 65.3 cm³/mol. The summed E-state index contributed by atoms with van der Waals surface area (Å²) in [5.74, 6) is 3.06. The zero-order valence-corrected chi connectivity index (χ0v) is 9.24. The number of terminal acetylenes is 1. The average molecular weight is 240 g/mol. The highest BCUT2D eigenvalue weighted by molar-refractivity contribution is 5.48. The van der Waals surface area contributed by atoms with Crippen LogP contribution in [0.3, 0.4) is 0 Å². The van der Waals surface area contributed by atoms with Crippen LogP contribution in [0, 0.1) is 22.5 Å². The van der Waals surface area contributed by atoms with E-state index in [1.807, 2.05) is 6.07 Å². The molecular formula is C13H8N2O3. The van der Waals surface area contributed by atoms with Crippen molar-refractivity contribution in [1.82, 2.24) is 4.98 Å². The Morgan fingerprint density at radius 1 is 1.33 bits per heavy atom. The predicted octanol–water partition coefficient (Wildman–Crippen LogP) is 2.76. The molecule has 0 saturated carbocycles. The second kappa shape index (κ2) is 4.97. The first-order valence-corrected chi connectivity index (χ1v) is 5.04. The van der Waals surface area contributed by atoms with Gasteiger partial charge in [-0.2, -0.15) is 0 Å². The topological polar surface area (TPSA) is 65.3 Å². The van der Waals surface area contributed by atoms with E-state index in [0.717, 1.165) is 6.20 Å². The number of rotatable bonds is 3. The molecule has 0 unspecified atom stereocenters. The van der Waals surface area contributed by atoms with Crippen molar-refractivity contribution in [2.75, 3.05) is 0 Å². The number of hydrogen-bond acceptors (Lipinski definition) is 4. The van der Waals surface area contributed by atoms with E-state index in [4.69, 9.17) is 11.2 Å². The van der Waals surface area contributed by atoms with E-state index in [0.29, 0.717) is 5.75 Å². The summed E-state index contributed by atoms with van der Waals surface area (Å²) in [7, 11) is 0. The first-order valence-electron chi connectivity index (χ1n) is 5.04. The summed E-state index contributed by atoms with van der Waals surface area (Å²) in [6.45, 7) is 0. The number of pyridine rings is 1. The lowest BCUT2D eigenvalue weighted by molar-refractivity contribution is -0.385. The lowest BCUT2D eigenvalue weighted by Gasteiger charge is -2.05. The highest BCUT2D eigenvalue weighted by Gasteiger charge is 2.12. The zero-order valence-electron chi connectivity index (χ0n) is 9.24. The molecule has 0 aliphatic carbocycles. The molecule has 0 saturated heterocycles. The molecule has 0 atom stereocenters. The quantitative estimate of drug-likeness (QED) is 0.470. The molecule has 2 aromatic rings. The van der Waals surface area contributed by atoms with Gasteiger partial charge < -0.3 is 4.74 Å². The smallest absolute Gasteiger partial charge is 0.289 e. The second-order valence-electron chi connectivity index (χ2n) is 3.36. The SMILES string of the molecule is C#Cc1cc([N+](=O)[O-])cnc1Oc1ccccc1. The van der Waals surface area contributed by atoms with Crippen LogP contribution < -0.4 is 4.74 Å². The summed E-state index contributed by atoms with van der Waals surface area (Å²) in [6, 6.07) is 10.2. The van der Waals surface area contributed by atoms with Gasteiger partial charge in [-0.05, 0) is 12.1 Å². The molecule has 0 radical (unpaired) electrons. The molecule has 0 aliphatic heterocycles. The molecule has 0 spiro atoms. The van der Waals surface area contributed by atoms with E-state index in [9.17, 15) is 10.1 Å². The van der Waals surface area contributed by atoms with E-state index in [2.05, 4.69) is 10.9 Å². The fourth-order valence-electron chi connectivity index (χ4n) is 1.33. The molecule has 88 valence electrons. The molecule has 0 amide bonds. The molecule has 1 heterocycles. The maximum Gasteiger partial charge on any atom is 0.289 e. The van der Waals surface area contributed by atoms with Crippen LogP contribution in [-0.4, -0.2) is 9.91 Å². The van der Waals surface area contributed by atoms with Gasteiger partial charge in [-0.25, -0.2) is 4.98 Å². The van der Waals surface area contributed by atoms with Crippen molar-refractivity contribution < 1.29 is 9.66 Å². The van der Waals surface area contributed by atoms with Crippen LogP contribution in [0.15, 0.2) is 42.6 Å². The maximum atomic E-state index is 10.6. The summed E-state index contributed by atoms with van der Waals surface area (Å²) in [4.78, 5) is 13.9. The number of para-hydroxylation sites is 1. The molecule has 1 aromatic carbocycles. The van der Waals surface area contributed by atoms with E-state index < -0.39 is 4.92 Å². The van der Waals surface area contributed by atoms with Gasteiger partial charge in [0.25, 0.3) is 5.69 Å². The Hall–Kier alpha value is -2.87. The summed E-state index contributed by atoms with van der Waals surface area (Å²) in [6.07, 6.45) is 6.39. The van der Waals surface area contributed by atoms with Crippen LogP contribution in [0.25, 0.3) is 0 Å². The molecule has 18 heavy (non-hydrogen) atoms. The Balaban J connectivity index is 2.35. The van der Waals surface area contributed by atoms with E-state index in [-0.39, 0.29) is 17.1 Å². The summed E-state index contributed by atoms with van der Waals surface area (Å²) in [5, 5.41) is 10.6. The van der Waals surface area contributed by atoms with Crippen LogP contribution in [0.2, 0.25) is 0 Å². The van der Waals surface area contributed by atoms with Gasteiger partial charge >= 0.3 is 0 Å². The lowest BCUT2D eigenvalue weighted by atomic mass is 10.2. The van der Waals surface area contributed by atoms with Crippen LogP contribution in [0.1, 0.15) is 5.56 Å². The van der Waals surface area contributed by atoms with Crippen molar-refractivity contribution in [3.05, 3.63) is 58.3 Å². The Morgan fingerprint density at radius 3 is 2.67 bits per heavy atom. The third-order valence-electron chi connectivity index (χ3n) is 2.16. The average Bonchev–Trinajstić information content (AvgIpc) is 2.40. The third-order valence-corrected chi connectivity index (χ3v) is 2.16. The van der Waals surface area contributed by atoms with Crippen molar-refractivity contribution in [3.63, 3.8) is 0 Å². The second-order valence-corrected chi connectivity index (χ2v) is 3.36. The van der Waals surface area contributed by atoms with E-state index in [1.54, 1.807) is 24.3 Å². The molecule has 0 aliphatic rings. The van der Waals surface area contributed by atoms with Gasteiger partial charge in [0.05, 0.1) is 10.5 Å². The summed E-state index contributed by atoms with van der Waals surface area (Å²) < 4.78 is 5.46. The van der Waals surface area contributed by atoms with Crippen molar-refractivity contribution >= 4 is 5.69 Å². The highest BCUT2D eigenvalue weighted by Crippen LogP contribution is 2.25. The normalized spacial score (nSPS) is 9.50. The summed E-state index contributed by atoms with van der Waals surface area (Å²) in [5.41, 5.74) is 0.0800. The van der Waals surface area contributed by atoms with Crippen LogP contribution in [-0.2, 0) is 0 Å². The minimum Gasteiger partial charge on any atom is -0.438 e. The maximum absolute atomic E-state index is 10.6. The molecule has 5 heteroatoms. The van der Waals surface area contributed by atoms with Crippen molar-refractivity contribution in [1.29, 1.82) is 0 Å². The first kappa shape index (κ1) is 11.6. The summed E-state index contributed by atoms with van der Waals surface area (Å²) >= 11 is 0. The van der Waals surface area contributed by atoms with Gasteiger partial charge in [0, 0.05) is 6.07 Å². The lowest BCUT2D eigenvalue weighted by Crippen LogP contribution is -1.95. The highest BCUT2D eigenvalue weighted by atomic mass is 16.6. The number of hydrogen-bond donors (Lipinski definition) is 0. The molecule has 2 rings (SSSR count). The fourth-order valence-corrected chi connectivity index (χ4v) is 1.33. The largest absolute Gasteiger partial charge is 0.438 e. The Labute approximate surface area is 103 Å². The fraction of sp³-hybridized carbons (Fsp3) is 0. The van der Waals surface area contributed by atoms with E-state index in [1.165, 1.54) is 6.07 Å². The minimum atomic E-state index is -0.555. The molecule has 0 bridgehead atoms. The van der Waals surface area contributed by atoms with Crippen molar-refractivity contribution in [2.24, 2.45) is 0 Å². The Morgan fingerprint density at radius 2 is 2.06 bits per heavy atom. The van der Waals surface area contributed by atoms with Gasteiger partial charge in [-0.1, -0.05) is 24.1 Å². The number of nitro groups is 1. The van der Waals surface area contributed by atoms with Gasteiger partial charge in [0.15, 0.2) is 0 Å². The molecule has 1 aromatic heterocycles. The van der Waals surface area contributed by atoms with Crippen molar-refractivity contribution in [3.8, 4) is 24.0 Å². The molecule has 0 N–H and O–H groups in total. The number of benzene rings is 1. The Kier molecular flexibility index (Phi) is 3.21. The first-order chi connectivity index (χ1) is 8.70. The molecule has 5 nitrogen and oxygen atoms in total. The molecule has 0 fully saturated rings. The number of nitrogens with zero attached hydrogens (tertiary/aromatic N) is 2. The number of aromatic nitrogens is 1. The zero-order chi connectivity index (χ0) is 13.0. The standard InChI is InChI=1S/C13H8N2O3/c1-2-10-8-11(15(16)17)9-14-13(10)18-12-6-4-3-5-7-12/h1,3-9H. The van der Waals surface area contributed by atoms with Gasteiger partial charge in [-0.3, -0.25) is 10.1 Å². The monoisotopic (exact) mass is 240 g/mol. The van der Waals surface area contributed by atoms with Crippen LogP contribution in [0.4, 0.5) is 5.69 Å². The van der Waals surface area contributed by atoms with Gasteiger partial charge in [0.2, 0.25) is 5.88 Å². The third kappa shape index (κ3) is 2.44. The van der Waals surface area contributed by atoms with Crippen molar-refractivity contribution in [2.45, 2.75) is 0 Å². The van der Waals surface area contributed by atoms with Crippen LogP contribution >= 0.6 is 0 Å². The Bertz CT molecular complexity index is 618. The number of ether oxygens (including phenoxy) is 1. The van der Waals surface area contributed by atoms with Crippen LogP contribution in [0.5, 0.6) is 11.6 Å². The van der Waals surface area contributed by atoms with E-state index >= 15 is 0 Å². The van der Waals surface area contributed by atoms with Gasteiger partial charge in [0.1, 0.15) is 11.9 Å². The van der Waals surface area contributed by atoms with Gasteiger partial charge in [-0.15, -0.1) is 6.42 Å². The molecular weight excluding hydrogens is 232 g/mol.